The Bertz CT molecular complexity index is 482. The van der Waals surface area contributed by atoms with Crippen molar-refractivity contribution in [2.45, 2.75) is 40.5 Å². The van der Waals surface area contributed by atoms with Gasteiger partial charge < -0.3 is 5.11 Å². The van der Waals surface area contributed by atoms with Crippen LogP contribution in [0.15, 0.2) is 22.5 Å². The summed E-state index contributed by atoms with van der Waals surface area (Å²) in [5.74, 6) is -0.750. The molecule has 92 valence electrons. The van der Waals surface area contributed by atoms with E-state index >= 15 is 0 Å². The summed E-state index contributed by atoms with van der Waals surface area (Å²) < 4.78 is 0. The molecule has 3 heteroatoms. The minimum Gasteiger partial charge on any atom is -0.511 e. The minimum atomic E-state index is -0.568. The highest BCUT2D eigenvalue weighted by Gasteiger charge is 2.53. The van der Waals surface area contributed by atoms with E-state index in [4.69, 9.17) is 0 Å². The maximum Gasteiger partial charge on any atom is 0.174 e. The van der Waals surface area contributed by atoms with Gasteiger partial charge in [-0.05, 0) is 33.6 Å². The van der Waals surface area contributed by atoms with Crippen molar-refractivity contribution < 1.29 is 14.7 Å². The first-order chi connectivity index (χ1) is 7.79. The predicted molar refractivity (Wildman–Crippen MR) is 64.5 cm³/mol. The van der Waals surface area contributed by atoms with Crippen LogP contribution < -0.4 is 0 Å². The monoisotopic (exact) mass is 234 g/mol. The topological polar surface area (TPSA) is 54.4 Å². The summed E-state index contributed by atoms with van der Waals surface area (Å²) in [6.45, 7) is 7.28. The molecule has 0 aromatic heterocycles. The number of carbonyl (C=O) groups is 2. The van der Waals surface area contributed by atoms with Crippen molar-refractivity contribution in [3.8, 4) is 0 Å². The van der Waals surface area contributed by atoms with E-state index < -0.39 is 5.41 Å². The molecule has 0 saturated carbocycles. The average molecular weight is 234 g/mol. The van der Waals surface area contributed by atoms with Gasteiger partial charge in [-0.15, -0.1) is 0 Å². The maximum atomic E-state index is 12.2. The van der Waals surface area contributed by atoms with E-state index in [1.807, 2.05) is 20.8 Å². The molecule has 2 atom stereocenters. The molecule has 3 nitrogen and oxygen atoms in total. The zero-order valence-corrected chi connectivity index (χ0v) is 10.8. The van der Waals surface area contributed by atoms with Crippen LogP contribution in [0.2, 0.25) is 0 Å². The van der Waals surface area contributed by atoms with Crippen LogP contribution in [0.1, 0.15) is 40.5 Å². The highest BCUT2D eigenvalue weighted by molar-refractivity contribution is 6.22. The molecule has 1 N–H and O–H groups in total. The second kappa shape index (κ2) is 3.56. The van der Waals surface area contributed by atoms with E-state index in [0.717, 1.165) is 0 Å². The highest BCUT2D eigenvalue weighted by Crippen LogP contribution is 2.53. The van der Waals surface area contributed by atoms with Crippen molar-refractivity contribution in [1.29, 1.82) is 0 Å². The van der Waals surface area contributed by atoms with Gasteiger partial charge in [-0.25, -0.2) is 0 Å². The molecular formula is C14H18O3. The molecule has 0 saturated heterocycles. The summed E-state index contributed by atoms with van der Waals surface area (Å²) in [5, 5.41) is 10.2. The molecule has 2 aliphatic rings. The van der Waals surface area contributed by atoms with Gasteiger partial charge in [-0.2, -0.15) is 0 Å². The third-order valence-electron chi connectivity index (χ3n) is 4.33. The standard InChI is InChI=1S/C14H18O3/c1-7-5-10-12(16)11(9(3)15)13(17)14(10,4)6-8(7)2/h10,17H,5-6H2,1-4H3/t10-,14?/m0/s1. The zero-order chi connectivity index (χ0) is 13.0. The van der Waals surface area contributed by atoms with Crippen molar-refractivity contribution in [2.24, 2.45) is 11.3 Å². The van der Waals surface area contributed by atoms with E-state index in [0.29, 0.717) is 12.8 Å². The number of carbonyl (C=O) groups excluding carboxylic acids is 2. The van der Waals surface area contributed by atoms with E-state index in [9.17, 15) is 14.7 Å². The third kappa shape index (κ3) is 1.48. The van der Waals surface area contributed by atoms with E-state index in [1.54, 1.807) is 0 Å². The summed E-state index contributed by atoms with van der Waals surface area (Å²) in [7, 11) is 0. The van der Waals surface area contributed by atoms with Crippen molar-refractivity contribution in [3.63, 3.8) is 0 Å². The van der Waals surface area contributed by atoms with Crippen LogP contribution in [0.3, 0.4) is 0 Å². The van der Waals surface area contributed by atoms with Crippen molar-refractivity contribution in [2.75, 3.05) is 0 Å². The second-order valence-electron chi connectivity index (χ2n) is 5.56. The first kappa shape index (κ1) is 12.1. The molecule has 0 radical (unpaired) electrons. The SMILES string of the molecule is CC(=O)C1=C(O)C2(C)CC(C)=C(C)C[C@H]2C1=O. The lowest BCUT2D eigenvalue weighted by molar-refractivity contribution is -0.123. The Morgan fingerprint density at radius 3 is 2.47 bits per heavy atom. The Morgan fingerprint density at radius 1 is 1.35 bits per heavy atom. The van der Waals surface area contributed by atoms with Gasteiger partial charge in [0.2, 0.25) is 0 Å². The Kier molecular flexibility index (Phi) is 2.53. The summed E-state index contributed by atoms with van der Waals surface area (Å²) in [5.41, 5.74) is 1.88. The third-order valence-corrected chi connectivity index (χ3v) is 4.33. The van der Waals surface area contributed by atoms with Gasteiger partial charge in [0.15, 0.2) is 11.6 Å². The first-order valence-electron chi connectivity index (χ1n) is 5.93. The van der Waals surface area contributed by atoms with E-state index in [1.165, 1.54) is 18.1 Å². The Labute approximate surface area is 101 Å². The van der Waals surface area contributed by atoms with Crippen LogP contribution in [-0.4, -0.2) is 16.7 Å². The zero-order valence-electron chi connectivity index (χ0n) is 10.8. The summed E-state index contributed by atoms with van der Waals surface area (Å²) in [6.07, 6.45) is 1.32. The molecule has 0 aliphatic heterocycles. The number of hydrogen-bond acceptors (Lipinski definition) is 3. The van der Waals surface area contributed by atoms with Crippen molar-refractivity contribution in [1.82, 2.24) is 0 Å². The Morgan fingerprint density at radius 2 is 1.94 bits per heavy atom. The molecule has 2 aliphatic carbocycles. The minimum absolute atomic E-state index is 0.00634. The van der Waals surface area contributed by atoms with Gasteiger partial charge in [0.25, 0.3) is 0 Å². The molecular weight excluding hydrogens is 216 g/mol. The molecule has 0 spiro atoms. The Hall–Kier alpha value is -1.38. The summed E-state index contributed by atoms with van der Waals surface area (Å²) >= 11 is 0. The number of hydrogen-bond donors (Lipinski definition) is 1. The van der Waals surface area contributed by atoms with Crippen LogP contribution in [0.5, 0.6) is 0 Å². The fourth-order valence-electron chi connectivity index (χ4n) is 3.08. The largest absolute Gasteiger partial charge is 0.511 e. The van der Waals surface area contributed by atoms with Crippen LogP contribution >= 0.6 is 0 Å². The number of aliphatic hydroxyl groups excluding tert-OH is 1. The predicted octanol–water partition coefficient (Wildman–Crippen LogP) is 2.72. The average Bonchev–Trinajstić information content (AvgIpc) is 2.39. The lowest BCUT2D eigenvalue weighted by atomic mass is 9.67. The Balaban J connectivity index is 2.54. The highest BCUT2D eigenvalue weighted by atomic mass is 16.3. The molecule has 17 heavy (non-hydrogen) atoms. The lowest BCUT2D eigenvalue weighted by Gasteiger charge is -2.36. The molecule has 0 amide bonds. The number of ketones is 2. The molecule has 0 heterocycles. The van der Waals surface area contributed by atoms with Crippen LogP contribution in [-0.2, 0) is 9.59 Å². The first-order valence-corrected chi connectivity index (χ1v) is 5.93. The molecule has 0 fully saturated rings. The molecule has 1 unspecified atom stereocenters. The van der Waals surface area contributed by atoms with Crippen molar-refractivity contribution in [3.05, 3.63) is 22.5 Å². The van der Waals surface area contributed by atoms with Crippen LogP contribution in [0.4, 0.5) is 0 Å². The molecule has 0 aromatic carbocycles. The number of rotatable bonds is 1. The van der Waals surface area contributed by atoms with Crippen LogP contribution in [0, 0.1) is 11.3 Å². The summed E-state index contributed by atoms with van der Waals surface area (Å²) in [6, 6.07) is 0. The van der Waals surface area contributed by atoms with Gasteiger partial charge in [-0.3, -0.25) is 9.59 Å². The number of fused-ring (bicyclic) bond motifs is 1. The fourth-order valence-corrected chi connectivity index (χ4v) is 3.08. The van der Waals surface area contributed by atoms with Gasteiger partial charge in [0.05, 0.1) is 5.57 Å². The second-order valence-corrected chi connectivity index (χ2v) is 5.56. The maximum absolute atomic E-state index is 12.2. The van der Waals surface area contributed by atoms with Crippen LogP contribution in [0.25, 0.3) is 0 Å². The normalized spacial score (nSPS) is 33.2. The number of Topliss-reactive ketones (excluding diaryl/α,β-unsaturated/α-hetero) is 2. The fraction of sp³-hybridized carbons (Fsp3) is 0.571. The molecule has 0 aromatic rings. The van der Waals surface area contributed by atoms with E-state index in [2.05, 4.69) is 0 Å². The lowest BCUT2D eigenvalue weighted by Crippen LogP contribution is -2.33. The number of allylic oxidation sites excluding steroid dienone is 4. The van der Waals surface area contributed by atoms with Gasteiger partial charge in [0.1, 0.15) is 5.76 Å². The smallest absolute Gasteiger partial charge is 0.174 e. The molecule has 0 bridgehead atoms. The molecule has 2 rings (SSSR count). The number of aliphatic hydroxyl groups is 1. The summed E-state index contributed by atoms with van der Waals surface area (Å²) in [4.78, 5) is 23.7. The van der Waals surface area contributed by atoms with Gasteiger partial charge >= 0.3 is 0 Å². The van der Waals surface area contributed by atoms with Gasteiger partial charge in [0, 0.05) is 11.3 Å². The van der Waals surface area contributed by atoms with Gasteiger partial charge in [-0.1, -0.05) is 18.1 Å². The quantitative estimate of drug-likeness (QED) is 0.560. The van der Waals surface area contributed by atoms with E-state index in [-0.39, 0.29) is 28.8 Å². The van der Waals surface area contributed by atoms with Crippen molar-refractivity contribution >= 4 is 11.6 Å².